The number of rotatable bonds is 3. The summed E-state index contributed by atoms with van der Waals surface area (Å²) in [7, 11) is 0. The number of hydrogen-bond donors (Lipinski definition) is 0. The van der Waals surface area contributed by atoms with Crippen molar-refractivity contribution in [2.75, 3.05) is 6.61 Å². The van der Waals surface area contributed by atoms with Gasteiger partial charge >= 0.3 is 6.18 Å². The van der Waals surface area contributed by atoms with Gasteiger partial charge in [0.1, 0.15) is 0 Å². The maximum absolute atomic E-state index is 12.9. The summed E-state index contributed by atoms with van der Waals surface area (Å²) in [4.78, 5) is 3.74. The fraction of sp³-hybridized carbons (Fsp3) is 0.538. The third-order valence-corrected chi connectivity index (χ3v) is 2.66. The zero-order valence-electron chi connectivity index (χ0n) is 11.5. The van der Waals surface area contributed by atoms with Crippen LogP contribution in [0.15, 0.2) is 18.5 Å². The lowest BCUT2D eigenvalue weighted by Gasteiger charge is -2.19. The Bertz CT molecular complexity index is 599. The van der Waals surface area contributed by atoms with Crippen molar-refractivity contribution in [1.82, 2.24) is 14.8 Å². The van der Waals surface area contributed by atoms with Gasteiger partial charge in [0.15, 0.2) is 5.69 Å². The molecule has 0 aliphatic carbocycles. The minimum Gasteiger partial charge on any atom is -0.374 e. The van der Waals surface area contributed by atoms with Gasteiger partial charge in [0, 0.05) is 12.4 Å². The fourth-order valence-electron chi connectivity index (χ4n) is 1.84. The number of fused-ring (bicyclic) bond motifs is 1. The van der Waals surface area contributed by atoms with Crippen molar-refractivity contribution in [2.24, 2.45) is 0 Å². The van der Waals surface area contributed by atoms with Crippen molar-refractivity contribution in [2.45, 2.75) is 39.1 Å². The number of nitrogens with zero attached hydrogens (tertiary/aromatic N) is 3. The summed E-state index contributed by atoms with van der Waals surface area (Å²) >= 11 is 0. The van der Waals surface area contributed by atoms with Crippen LogP contribution in [0.4, 0.5) is 13.2 Å². The molecule has 0 amide bonds. The second kappa shape index (κ2) is 5.05. The third-order valence-electron chi connectivity index (χ3n) is 2.66. The van der Waals surface area contributed by atoms with E-state index in [4.69, 9.17) is 4.74 Å². The van der Waals surface area contributed by atoms with E-state index in [1.807, 2.05) is 20.8 Å². The van der Waals surface area contributed by atoms with E-state index >= 15 is 0 Å². The molecule has 2 rings (SSSR count). The maximum Gasteiger partial charge on any atom is 0.435 e. The third kappa shape index (κ3) is 3.27. The lowest BCUT2D eigenvalue weighted by Crippen LogP contribution is -2.22. The van der Waals surface area contributed by atoms with Crippen molar-refractivity contribution in [3.63, 3.8) is 0 Å². The molecule has 0 atom stereocenters. The molecular weight excluding hydrogens is 271 g/mol. The van der Waals surface area contributed by atoms with Gasteiger partial charge in [-0.1, -0.05) is 0 Å². The van der Waals surface area contributed by atoms with Gasteiger partial charge in [-0.2, -0.15) is 18.3 Å². The highest BCUT2D eigenvalue weighted by Gasteiger charge is 2.36. The Morgan fingerprint density at radius 1 is 1.25 bits per heavy atom. The van der Waals surface area contributed by atoms with Gasteiger partial charge in [-0.25, -0.2) is 0 Å². The predicted molar refractivity (Wildman–Crippen MR) is 68.2 cm³/mol. The van der Waals surface area contributed by atoms with Crippen LogP contribution in [-0.4, -0.2) is 27.0 Å². The molecule has 0 aromatic carbocycles. The van der Waals surface area contributed by atoms with Gasteiger partial charge in [0.05, 0.1) is 29.7 Å². The van der Waals surface area contributed by atoms with Crippen LogP contribution in [0.5, 0.6) is 0 Å². The average Bonchev–Trinajstić information content (AvgIpc) is 2.67. The SMILES string of the molecule is CC(C)(C)OCCn1nc(C(F)(F)F)c2cnccc21. The van der Waals surface area contributed by atoms with Gasteiger partial charge in [0.2, 0.25) is 0 Å². The highest BCUT2D eigenvalue weighted by molar-refractivity contribution is 5.81. The first-order valence-electron chi connectivity index (χ1n) is 6.20. The van der Waals surface area contributed by atoms with E-state index in [0.29, 0.717) is 12.1 Å². The Morgan fingerprint density at radius 3 is 2.55 bits per heavy atom. The molecule has 0 radical (unpaired) electrons. The van der Waals surface area contributed by atoms with Crippen LogP contribution >= 0.6 is 0 Å². The molecule has 2 aromatic rings. The molecule has 110 valence electrons. The molecule has 0 aliphatic heterocycles. The van der Waals surface area contributed by atoms with E-state index in [0.717, 1.165) is 0 Å². The first-order valence-corrected chi connectivity index (χ1v) is 6.20. The zero-order valence-corrected chi connectivity index (χ0v) is 11.5. The Kier molecular flexibility index (Phi) is 3.73. The van der Waals surface area contributed by atoms with E-state index in [1.54, 1.807) is 0 Å². The van der Waals surface area contributed by atoms with Crippen molar-refractivity contribution in [1.29, 1.82) is 0 Å². The van der Waals surface area contributed by atoms with Crippen LogP contribution in [0.2, 0.25) is 0 Å². The van der Waals surface area contributed by atoms with Crippen molar-refractivity contribution >= 4 is 10.9 Å². The molecule has 0 fully saturated rings. The molecule has 2 aromatic heterocycles. The summed E-state index contributed by atoms with van der Waals surface area (Å²) in [6.45, 7) is 6.21. The first-order chi connectivity index (χ1) is 9.18. The molecular formula is C13H16F3N3O. The molecule has 4 nitrogen and oxygen atoms in total. The molecule has 0 saturated heterocycles. The minimum atomic E-state index is -4.49. The molecule has 7 heteroatoms. The Labute approximate surface area is 114 Å². The van der Waals surface area contributed by atoms with E-state index in [-0.39, 0.29) is 17.5 Å². The van der Waals surface area contributed by atoms with Crippen molar-refractivity contribution in [3.05, 3.63) is 24.2 Å². The topological polar surface area (TPSA) is 39.9 Å². The lowest BCUT2D eigenvalue weighted by atomic mass is 10.2. The van der Waals surface area contributed by atoms with Gasteiger partial charge < -0.3 is 4.74 Å². The van der Waals surface area contributed by atoms with Gasteiger partial charge in [-0.05, 0) is 26.8 Å². The maximum atomic E-state index is 12.9. The smallest absolute Gasteiger partial charge is 0.374 e. The number of ether oxygens (including phenoxy) is 1. The fourth-order valence-corrected chi connectivity index (χ4v) is 1.84. The van der Waals surface area contributed by atoms with Crippen LogP contribution in [-0.2, 0) is 17.5 Å². The highest BCUT2D eigenvalue weighted by atomic mass is 19.4. The van der Waals surface area contributed by atoms with Gasteiger partial charge in [-0.3, -0.25) is 9.67 Å². The van der Waals surface area contributed by atoms with Crippen LogP contribution in [0.1, 0.15) is 26.5 Å². The second-order valence-electron chi connectivity index (χ2n) is 5.42. The molecule has 0 saturated carbocycles. The number of pyridine rings is 1. The summed E-state index contributed by atoms with van der Waals surface area (Å²) in [5.41, 5.74) is -0.835. The molecule has 0 unspecified atom stereocenters. The van der Waals surface area contributed by atoms with Crippen LogP contribution in [0.25, 0.3) is 10.9 Å². The molecule has 0 N–H and O–H groups in total. The largest absolute Gasteiger partial charge is 0.435 e. The first kappa shape index (κ1) is 14.8. The van der Waals surface area contributed by atoms with Crippen LogP contribution < -0.4 is 0 Å². The van der Waals surface area contributed by atoms with Gasteiger partial charge in [-0.15, -0.1) is 0 Å². The quantitative estimate of drug-likeness (QED) is 0.870. The molecule has 0 spiro atoms. The average molecular weight is 287 g/mol. The van der Waals surface area contributed by atoms with E-state index in [1.165, 1.54) is 23.1 Å². The Morgan fingerprint density at radius 2 is 1.95 bits per heavy atom. The molecule has 20 heavy (non-hydrogen) atoms. The van der Waals surface area contributed by atoms with Crippen molar-refractivity contribution < 1.29 is 17.9 Å². The monoisotopic (exact) mass is 287 g/mol. The van der Waals surface area contributed by atoms with E-state index < -0.39 is 11.9 Å². The number of halogens is 3. The summed E-state index contributed by atoms with van der Waals surface area (Å²) in [6, 6.07) is 1.52. The normalized spacial score (nSPS) is 13.1. The van der Waals surface area contributed by atoms with Gasteiger partial charge in [0.25, 0.3) is 0 Å². The molecule has 0 aliphatic rings. The van der Waals surface area contributed by atoms with Crippen LogP contribution in [0.3, 0.4) is 0 Å². The second-order valence-corrected chi connectivity index (χ2v) is 5.42. The Balaban J connectivity index is 2.30. The van der Waals surface area contributed by atoms with Crippen LogP contribution in [0, 0.1) is 0 Å². The molecule has 2 heterocycles. The molecule has 0 bridgehead atoms. The zero-order chi connectivity index (χ0) is 15.0. The summed E-state index contributed by atoms with van der Waals surface area (Å²) in [5.74, 6) is 0. The number of aromatic nitrogens is 3. The standard InChI is InChI=1S/C13H16F3N3O/c1-12(2,3)20-7-6-19-10-4-5-17-8-9(10)11(18-19)13(14,15)16/h4-5,8H,6-7H2,1-3H3. The summed E-state index contributed by atoms with van der Waals surface area (Å²) < 4.78 is 45.6. The summed E-state index contributed by atoms with van der Waals surface area (Å²) in [6.07, 6.45) is -1.85. The lowest BCUT2D eigenvalue weighted by molar-refractivity contribution is -0.140. The van der Waals surface area contributed by atoms with E-state index in [2.05, 4.69) is 10.1 Å². The number of alkyl halides is 3. The predicted octanol–water partition coefficient (Wildman–Crippen LogP) is 3.27. The Hall–Kier alpha value is -1.63. The minimum absolute atomic E-state index is 0.00996. The van der Waals surface area contributed by atoms with E-state index in [9.17, 15) is 13.2 Å². The highest BCUT2D eigenvalue weighted by Crippen LogP contribution is 2.33. The summed E-state index contributed by atoms with van der Waals surface area (Å²) in [5, 5.41) is 3.66. The van der Waals surface area contributed by atoms with Crippen molar-refractivity contribution in [3.8, 4) is 0 Å². The number of hydrogen-bond acceptors (Lipinski definition) is 3.